The number of hydrogen-bond donors (Lipinski definition) is 2. The molecule has 0 aromatic carbocycles. The average Bonchev–Trinajstić information content (AvgIpc) is 2.13. The summed E-state index contributed by atoms with van der Waals surface area (Å²) in [7, 11) is 0. The molecule has 0 fully saturated rings. The third-order valence-corrected chi connectivity index (χ3v) is 1.75. The molecule has 0 saturated heterocycles. The van der Waals surface area contributed by atoms with Crippen LogP contribution in [-0.4, -0.2) is 20.6 Å². The topological polar surface area (TPSA) is 92.2 Å². The van der Waals surface area contributed by atoms with Crippen molar-refractivity contribution in [2.45, 2.75) is 13.5 Å². The van der Waals surface area contributed by atoms with Crippen LogP contribution in [0.5, 0.6) is 0 Å². The third kappa shape index (κ3) is 2.94. The normalized spacial score (nSPS) is 10.7. The number of H-pyrrole nitrogens is 1. The molecule has 0 aliphatic rings. The first-order valence-corrected chi connectivity index (χ1v) is 4.20. The second-order valence-electron chi connectivity index (χ2n) is 2.96. The molecule has 0 atom stereocenters. The van der Waals surface area contributed by atoms with E-state index in [-0.39, 0.29) is 6.54 Å². The highest BCUT2D eigenvalue weighted by Gasteiger charge is 1.98. The standard InChI is InChI=1S/C9H10N2O4/c1-6-5-11(4-2-3-7(12)13)9(15)10-8(6)14/h2-3,5H,4H2,1H3,(H,12,13)(H,10,14,15). The van der Waals surface area contributed by atoms with Crippen LogP contribution >= 0.6 is 0 Å². The summed E-state index contributed by atoms with van der Waals surface area (Å²) in [6.07, 6.45) is 3.64. The fourth-order valence-electron chi connectivity index (χ4n) is 1.02. The number of carboxylic acid groups (broad SMARTS) is 1. The zero-order valence-corrected chi connectivity index (χ0v) is 8.06. The predicted octanol–water partition coefficient (Wildman–Crippen LogP) is -0.514. The number of aliphatic carboxylic acids is 1. The van der Waals surface area contributed by atoms with Crippen molar-refractivity contribution in [1.29, 1.82) is 0 Å². The molecule has 0 amide bonds. The van der Waals surface area contributed by atoms with E-state index in [9.17, 15) is 14.4 Å². The molecule has 0 bridgehead atoms. The van der Waals surface area contributed by atoms with Crippen molar-refractivity contribution in [1.82, 2.24) is 9.55 Å². The van der Waals surface area contributed by atoms with E-state index in [0.29, 0.717) is 5.56 Å². The molecule has 1 aromatic rings. The number of aromatic amines is 1. The first-order chi connectivity index (χ1) is 7.00. The molecule has 1 aromatic heterocycles. The lowest BCUT2D eigenvalue weighted by atomic mass is 10.4. The van der Waals surface area contributed by atoms with Gasteiger partial charge in [0.2, 0.25) is 0 Å². The van der Waals surface area contributed by atoms with Gasteiger partial charge in [-0.15, -0.1) is 0 Å². The van der Waals surface area contributed by atoms with Crippen LogP contribution in [0.4, 0.5) is 0 Å². The van der Waals surface area contributed by atoms with Crippen molar-refractivity contribution in [3.05, 3.63) is 44.8 Å². The van der Waals surface area contributed by atoms with Gasteiger partial charge in [-0.2, -0.15) is 0 Å². The van der Waals surface area contributed by atoms with Crippen LogP contribution in [0.1, 0.15) is 5.56 Å². The highest BCUT2D eigenvalue weighted by molar-refractivity contribution is 5.79. The van der Waals surface area contributed by atoms with Gasteiger partial charge in [0.1, 0.15) is 0 Å². The van der Waals surface area contributed by atoms with Gasteiger partial charge < -0.3 is 5.11 Å². The summed E-state index contributed by atoms with van der Waals surface area (Å²) in [4.78, 5) is 34.5. The highest BCUT2D eigenvalue weighted by Crippen LogP contribution is 1.85. The molecule has 15 heavy (non-hydrogen) atoms. The van der Waals surface area contributed by atoms with E-state index in [2.05, 4.69) is 4.98 Å². The zero-order valence-electron chi connectivity index (χ0n) is 8.06. The van der Waals surface area contributed by atoms with Crippen LogP contribution in [0.15, 0.2) is 27.9 Å². The van der Waals surface area contributed by atoms with E-state index in [1.54, 1.807) is 6.92 Å². The monoisotopic (exact) mass is 210 g/mol. The number of allylic oxidation sites excluding steroid dienone is 1. The van der Waals surface area contributed by atoms with Crippen molar-refractivity contribution < 1.29 is 9.90 Å². The Morgan fingerprint density at radius 1 is 1.60 bits per heavy atom. The van der Waals surface area contributed by atoms with E-state index >= 15 is 0 Å². The minimum absolute atomic E-state index is 0.114. The molecule has 0 saturated carbocycles. The lowest BCUT2D eigenvalue weighted by Crippen LogP contribution is -2.30. The van der Waals surface area contributed by atoms with E-state index in [0.717, 1.165) is 6.08 Å². The van der Waals surface area contributed by atoms with Crippen molar-refractivity contribution in [2.75, 3.05) is 0 Å². The molecule has 0 unspecified atom stereocenters. The number of hydrogen-bond acceptors (Lipinski definition) is 3. The smallest absolute Gasteiger partial charge is 0.328 e. The Morgan fingerprint density at radius 3 is 2.87 bits per heavy atom. The molecule has 80 valence electrons. The summed E-state index contributed by atoms with van der Waals surface area (Å²) in [5, 5.41) is 8.33. The number of aromatic nitrogens is 2. The van der Waals surface area contributed by atoms with Crippen LogP contribution in [0.2, 0.25) is 0 Å². The van der Waals surface area contributed by atoms with Gasteiger partial charge in [-0.05, 0) is 6.92 Å². The molecular weight excluding hydrogens is 200 g/mol. The van der Waals surface area contributed by atoms with Crippen LogP contribution < -0.4 is 11.2 Å². The Hall–Kier alpha value is -2.11. The van der Waals surface area contributed by atoms with Crippen LogP contribution in [0.25, 0.3) is 0 Å². The molecule has 0 radical (unpaired) electrons. The lowest BCUT2D eigenvalue weighted by Gasteiger charge is -2.00. The molecule has 2 N–H and O–H groups in total. The lowest BCUT2D eigenvalue weighted by molar-refractivity contribution is -0.131. The summed E-state index contributed by atoms with van der Waals surface area (Å²) >= 11 is 0. The summed E-state index contributed by atoms with van der Waals surface area (Å²) in [5.74, 6) is -1.08. The number of carbonyl (C=O) groups is 1. The van der Waals surface area contributed by atoms with Crippen molar-refractivity contribution in [3.8, 4) is 0 Å². The predicted molar refractivity (Wildman–Crippen MR) is 52.8 cm³/mol. The van der Waals surface area contributed by atoms with Gasteiger partial charge >= 0.3 is 11.7 Å². The van der Waals surface area contributed by atoms with Gasteiger partial charge in [-0.1, -0.05) is 6.08 Å². The molecule has 6 nitrogen and oxygen atoms in total. The van der Waals surface area contributed by atoms with Crippen LogP contribution in [0.3, 0.4) is 0 Å². The van der Waals surface area contributed by atoms with E-state index in [1.807, 2.05) is 0 Å². The SMILES string of the molecule is Cc1cn(CC=CC(=O)O)c(=O)[nH]c1=O. The molecule has 1 rings (SSSR count). The van der Waals surface area contributed by atoms with Gasteiger partial charge in [-0.3, -0.25) is 14.3 Å². The van der Waals surface area contributed by atoms with Gasteiger partial charge in [-0.25, -0.2) is 9.59 Å². The van der Waals surface area contributed by atoms with Crippen LogP contribution in [0, 0.1) is 6.92 Å². The summed E-state index contributed by atoms with van der Waals surface area (Å²) in [6, 6.07) is 0. The Morgan fingerprint density at radius 2 is 2.27 bits per heavy atom. The fourth-order valence-corrected chi connectivity index (χ4v) is 1.02. The Kier molecular flexibility index (Phi) is 3.22. The quantitative estimate of drug-likeness (QED) is 0.657. The average molecular weight is 210 g/mol. The second kappa shape index (κ2) is 4.41. The maximum absolute atomic E-state index is 11.2. The van der Waals surface area contributed by atoms with Crippen molar-refractivity contribution in [2.24, 2.45) is 0 Å². The van der Waals surface area contributed by atoms with Gasteiger partial charge in [0.25, 0.3) is 5.56 Å². The Labute approximate surface area is 84.5 Å². The van der Waals surface area contributed by atoms with Crippen molar-refractivity contribution in [3.63, 3.8) is 0 Å². The maximum Gasteiger partial charge on any atom is 0.328 e. The highest BCUT2D eigenvalue weighted by atomic mass is 16.4. The Balaban J connectivity index is 2.97. The van der Waals surface area contributed by atoms with E-state index in [1.165, 1.54) is 16.8 Å². The number of carboxylic acids is 1. The van der Waals surface area contributed by atoms with Gasteiger partial charge in [0.05, 0.1) is 0 Å². The Bertz CT molecular complexity index is 510. The third-order valence-electron chi connectivity index (χ3n) is 1.75. The van der Waals surface area contributed by atoms with E-state index in [4.69, 9.17) is 5.11 Å². The minimum atomic E-state index is -1.08. The number of rotatable bonds is 3. The van der Waals surface area contributed by atoms with Gasteiger partial charge in [0, 0.05) is 24.4 Å². The number of nitrogens with zero attached hydrogens (tertiary/aromatic N) is 1. The summed E-state index contributed by atoms with van der Waals surface area (Å²) in [6.45, 7) is 1.68. The first-order valence-electron chi connectivity index (χ1n) is 4.20. The molecule has 0 aliphatic heterocycles. The largest absolute Gasteiger partial charge is 0.478 e. The molecule has 0 aliphatic carbocycles. The minimum Gasteiger partial charge on any atom is -0.478 e. The molecule has 6 heteroatoms. The summed E-state index contributed by atoms with van der Waals surface area (Å²) in [5.41, 5.74) is -0.586. The fraction of sp³-hybridized carbons (Fsp3) is 0.222. The van der Waals surface area contributed by atoms with Crippen molar-refractivity contribution >= 4 is 5.97 Å². The molecular formula is C9H10N2O4. The maximum atomic E-state index is 11.2. The number of nitrogens with one attached hydrogen (secondary N) is 1. The zero-order chi connectivity index (χ0) is 11.4. The van der Waals surface area contributed by atoms with E-state index < -0.39 is 17.2 Å². The molecule has 0 spiro atoms. The summed E-state index contributed by atoms with van der Waals surface area (Å²) < 4.78 is 1.22. The molecule has 1 heterocycles. The first kappa shape index (κ1) is 11.0. The number of aryl methyl sites for hydroxylation is 1. The van der Waals surface area contributed by atoms with Gasteiger partial charge in [0.15, 0.2) is 0 Å². The van der Waals surface area contributed by atoms with Crippen LogP contribution in [-0.2, 0) is 11.3 Å². The second-order valence-corrected chi connectivity index (χ2v) is 2.96.